The summed E-state index contributed by atoms with van der Waals surface area (Å²) in [5, 5.41) is 8.79. The number of nitrogens with one attached hydrogen (secondary N) is 1. The molecule has 2 atom stereocenters. The van der Waals surface area contributed by atoms with Gasteiger partial charge in [-0.1, -0.05) is 13.8 Å². The molecule has 0 saturated carbocycles. The first-order valence-corrected chi connectivity index (χ1v) is 8.30. The van der Waals surface area contributed by atoms with E-state index >= 15 is 0 Å². The molecule has 1 saturated heterocycles. The van der Waals surface area contributed by atoms with Gasteiger partial charge in [-0.05, 0) is 30.7 Å². The van der Waals surface area contributed by atoms with Crippen molar-refractivity contribution in [1.82, 2.24) is 9.62 Å². The molecule has 21 heavy (non-hydrogen) atoms. The summed E-state index contributed by atoms with van der Waals surface area (Å²) in [5.74, 6) is -0.515. The van der Waals surface area contributed by atoms with Crippen LogP contribution >= 0.6 is 0 Å². The van der Waals surface area contributed by atoms with E-state index in [2.05, 4.69) is 9.62 Å². The summed E-state index contributed by atoms with van der Waals surface area (Å²) in [5.41, 5.74) is -0.271. The highest BCUT2D eigenvalue weighted by Crippen LogP contribution is 2.20. The average molecular weight is 311 g/mol. The Morgan fingerprint density at radius 2 is 2.19 bits per heavy atom. The van der Waals surface area contributed by atoms with Crippen molar-refractivity contribution in [2.24, 2.45) is 5.92 Å². The second-order valence-electron chi connectivity index (χ2n) is 5.31. The van der Waals surface area contributed by atoms with Gasteiger partial charge in [-0.25, -0.2) is 17.5 Å². The Kier molecular flexibility index (Phi) is 4.61. The normalized spacial score (nSPS) is 23.1. The molecule has 2 unspecified atom stereocenters. The molecule has 0 spiro atoms. The molecule has 7 heteroatoms. The minimum absolute atomic E-state index is 0.0809. The third-order valence-corrected chi connectivity index (χ3v) is 5.30. The summed E-state index contributed by atoms with van der Waals surface area (Å²) in [4.78, 5) is 2.09. The van der Waals surface area contributed by atoms with Crippen molar-refractivity contribution in [2.75, 3.05) is 19.6 Å². The molecule has 5 nitrogen and oxygen atoms in total. The Hall–Kier alpha value is -1.49. The Balaban J connectivity index is 2.21. The molecule has 1 N–H and O–H groups in total. The quantitative estimate of drug-likeness (QED) is 0.910. The van der Waals surface area contributed by atoms with Crippen molar-refractivity contribution in [1.29, 1.82) is 5.26 Å². The van der Waals surface area contributed by atoms with Crippen LogP contribution in [0.3, 0.4) is 0 Å². The van der Waals surface area contributed by atoms with Crippen LogP contribution in [0.2, 0.25) is 0 Å². The number of sulfonamides is 1. The molecule has 1 aliphatic rings. The van der Waals surface area contributed by atoms with E-state index in [4.69, 9.17) is 5.26 Å². The van der Waals surface area contributed by atoms with Crippen LogP contribution in [0.15, 0.2) is 23.1 Å². The first kappa shape index (κ1) is 15.9. The maximum atomic E-state index is 13.3. The van der Waals surface area contributed by atoms with Gasteiger partial charge in [-0.2, -0.15) is 5.26 Å². The van der Waals surface area contributed by atoms with E-state index in [1.165, 1.54) is 6.07 Å². The van der Waals surface area contributed by atoms with Crippen LogP contribution in [0, 0.1) is 23.1 Å². The molecular formula is C14H18FN3O2S. The number of halogens is 1. The number of rotatable bonds is 4. The number of nitrogens with zero attached hydrogens (tertiary/aromatic N) is 2. The van der Waals surface area contributed by atoms with E-state index in [1.54, 1.807) is 6.07 Å². The lowest BCUT2D eigenvalue weighted by atomic mass is 10.1. The zero-order chi connectivity index (χ0) is 15.6. The molecule has 1 aromatic carbocycles. The van der Waals surface area contributed by atoms with Crippen molar-refractivity contribution in [2.45, 2.75) is 24.8 Å². The van der Waals surface area contributed by atoms with Crippen LogP contribution in [0.5, 0.6) is 0 Å². The number of nitriles is 1. The van der Waals surface area contributed by atoms with E-state index in [9.17, 15) is 12.8 Å². The molecule has 1 fully saturated rings. The van der Waals surface area contributed by atoms with Crippen LogP contribution in [0.25, 0.3) is 0 Å². The molecule has 2 rings (SSSR count). The van der Waals surface area contributed by atoms with Gasteiger partial charge in [-0.3, -0.25) is 0 Å². The van der Waals surface area contributed by atoms with Crippen LogP contribution in [0.4, 0.5) is 4.39 Å². The van der Waals surface area contributed by atoms with E-state index in [1.807, 2.05) is 13.8 Å². The van der Waals surface area contributed by atoms with Crippen LogP contribution < -0.4 is 4.72 Å². The maximum Gasteiger partial charge on any atom is 0.240 e. The molecule has 0 amide bonds. The Labute approximate surface area is 124 Å². The lowest BCUT2D eigenvalue weighted by molar-refractivity contribution is 0.344. The van der Waals surface area contributed by atoms with Gasteiger partial charge in [0.05, 0.1) is 10.5 Å². The molecule has 114 valence electrons. The number of likely N-dealkylation sites (tertiary alicyclic amines) is 1. The van der Waals surface area contributed by atoms with Gasteiger partial charge in [0.2, 0.25) is 10.0 Å². The lowest BCUT2D eigenvalue weighted by Gasteiger charge is -2.17. The highest BCUT2D eigenvalue weighted by Gasteiger charge is 2.32. The zero-order valence-electron chi connectivity index (χ0n) is 12.0. The van der Waals surface area contributed by atoms with Gasteiger partial charge in [0.1, 0.15) is 11.9 Å². The number of hydrogen-bond acceptors (Lipinski definition) is 4. The van der Waals surface area contributed by atoms with Crippen LogP contribution in [-0.2, 0) is 10.0 Å². The fourth-order valence-electron chi connectivity index (χ4n) is 2.50. The topological polar surface area (TPSA) is 73.2 Å². The fourth-order valence-corrected chi connectivity index (χ4v) is 3.87. The van der Waals surface area contributed by atoms with E-state index in [0.29, 0.717) is 6.54 Å². The smallest absolute Gasteiger partial charge is 0.240 e. The van der Waals surface area contributed by atoms with Crippen molar-refractivity contribution < 1.29 is 12.8 Å². The highest BCUT2D eigenvalue weighted by atomic mass is 32.2. The molecule has 1 heterocycles. The fraction of sp³-hybridized carbons (Fsp3) is 0.500. The van der Waals surface area contributed by atoms with Gasteiger partial charge < -0.3 is 4.90 Å². The Morgan fingerprint density at radius 3 is 2.76 bits per heavy atom. The molecule has 0 radical (unpaired) electrons. The largest absolute Gasteiger partial charge is 0.302 e. The summed E-state index contributed by atoms with van der Waals surface area (Å²) in [7, 11) is -3.75. The molecule has 0 bridgehead atoms. The molecule has 0 aliphatic carbocycles. The SMILES string of the molecule is CCN1CC(C)C(NS(=O)(=O)c2ccc(F)c(C#N)c2)C1. The lowest BCUT2D eigenvalue weighted by Crippen LogP contribution is -2.39. The van der Waals surface area contributed by atoms with Crippen LogP contribution in [0.1, 0.15) is 19.4 Å². The van der Waals surface area contributed by atoms with Crippen molar-refractivity contribution in [3.05, 3.63) is 29.6 Å². The summed E-state index contributed by atoms with van der Waals surface area (Å²) in [6.07, 6.45) is 0. The maximum absolute atomic E-state index is 13.3. The summed E-state index contributed by atoms with van der Waals surface area (Å²) >= 11 is 0. The van der Waals surface area contributed by atoms with Crippen LogP contribution in [-0.4, -0.2) is 39.0 Å². The van der Waals surface area contributed by atoms with Gasteiger partial charge in [0.25, 0.3) is 0 Å². The first-order chi connectivity index (χ1) is 9.87. The van der Waals surface area contributed by atoms with Gasteiger partial charge >= 0.3 is 0 Å². The summed E-state index contributed by atoms with van der Waals surface area (Å²) < 4.78 is 40.6. The van der Waals surface area contributed by atoms with E-state index in [0.717, 1.165) is 25.2 Å². The van der Waals surface area contributed by atoms with Gasteiger partial charge in [0.15, 0.2) is 0 Å². The third kappa shape index (κ3) is 3.40. The van der Waals surface area contributed by atoms with Gasteiger partial charge in [0, 0.05) is 19.1 Å². The third-order valence-electron chi connectivity index (χ3n) is 3.81. The van der Waals surface area contributed by atoms with E-state index < -0.39 is 15.8 Å². The minimum Gasteiger partial charge on any atom is -0.302 e. The first-order valence-electron chi connectivity index (χ1n) is 6.81. The zero-order valence-corrected chi connectivity index (χ0v) is 12.8. The standard InChI is InChI=1S/C14H18FN3O2S/c1-3-18-8-10(2)14(9-18)17-21(19,20)12-4-5-13(15)11(6-12)7-16/h4-6,10,14,17H,3,8-9H2,1-2H3. The predicted octanol–water partition coefficient (Wildman–Crippen LogP) is 1.32. The second-order valence-corrected chi connectivity index (χ2v) is 7.02. The number of hydrogen-bond donors (Lipinski definition) is 1. The van der Waals surface area contributed by atoms with Crippen molar-refractivity contribution in [3.8, 4) is 6.07 Å². The number of benzene rings is 1. The molecule has 0 aromatic heterocycles. The molecule has 1 aromatic rings. The minimum atomic E-state index is -3.75. The predicted molar refractivity (Wildman–Crippen MR) is 76.5 cm³/mol. The van der Waals surface area contributed by atoms with Crippen molar-refractivity contribution in [3.63, 3.8) is 0 Å². The Morgan fingerprint density at radius 1 is 1.48 bits per heavy atom. The molecule has 1 aliphatic heterocycles. The van der Waals surface area contributed by atoms with Gasteiger partial charge in [-0.15, -0.1) is 0 Å². The molecular weight excluding hydrogens is 293 g/mol. The van der Waals surface area contributed by atoms with E-state index in [-0.39, 0.29) is 22.4 Å². The average Bonchev–Trinajstić information content (AvgIpc) is 2.79. The summed E-state index contributed by atoms with van der Waals surface area (Å²) in [6, 6.07) is 4.72. The van der Waals surface area contributed by atoms with Crippen molar-refractivity contribution >= 4 is 10.0 Å². The summed E-state index contributed by atoms with van der Waals surface area (Å²) in [6.45, 7) is 6.40. The highest BCUT2D eigenvalue weighted by molar-refractivity contribution is 7.89. The second kappa shape index (κ2) is 6.10. The Bertz CT molecular complexity index is 669. The monoisotopic (exact) mass is 311 g/mol. The number of likely N-dealkylation sites (N-methyl/N-ethyl adjacent to an activating group) is 1.